The van der Waals surface area contributed by atoms with Crippen LogP contribution in [0.25, 0.3) is 0 Å². The molecule has 1 aromatic rings. The summed E-state index contributed by atoms with van der Waals surface area (Å²) in [5, 5.41) is 23.5. The number of nitrogens with zero attached hydrogens (tertiary/aromatic N) is 1. The molecule has 0 spiro atoms. The summed E-state index contributed by atoms with van der Waals surface area (Å²) in [6.07, 6.45) is 0. The van der Waals surface area contributed by atoms with Gasteiger partial charge in [0.25, 0.3) is 0 Å². The maximum absolute atomic E-state index is 13.6. The van der Waals surface area contributed by atoms with Crippen LogP contribution in [0, 0.1) is 15.9 Å². The van der Waals surface area contributed by atoms with Crippen molar-refractivity contribution in [3.05, 3.63) is 28.1 Å². The number of methoxy groups -OCH3 is 1. The lowest BCUT2D eigenvalue weighted by atomic mass is 10.2. The van der Waals surface area contributed by atoms with Crippen LogP contribution < -0.4 is 15.4 Å². The number of benzene rings is 1. The van der Waals surface area contributed by atoms with Crippen LogP contribution in [-0.4, -0.2) is 42.1 Å². The van der Waals surface area contributed by atoms with Gasteiger partial charge in [0.1, 0.15) is 6.54 Å². The Morgan fingerprint density at radius 1 is 1.43 bits per heavy atom. The molecule has 0 aromatic heterocycles. The van der Waals surface area contributed by atoms with E-state index in [1.54, 1.807) is 0 Å². The largest absolute Gasteiger partial charge is 0.490 e. The van der Waals surface area contributed by atoms with E-state index >= 15 is 0 Å². The number of amides is 1. The molecule has 0 fully saturated rings. The third-order valence-corrected chi connectivity index (χ3v) is 2.34. The van der Waals surface area contributed by atoms with Gasteiger partial charge < -0.3 is 20.5 Å². The topological polar surface area (TPSA) is 131 Å². The maximum atomic E-state index is 13.6. The van der Waals surface area contributed by atoms with Crippen molar-refractivity contribution < 1.29 is 28.7 Å². The van der Waals surface area contributed by atoms with Gasteiger partial charge in [-0.2, -0.15) is 0 Å². The Hall–Kier alpha value is -2.91. The van der Waals surface area contributed by atoms with Crippen LogP contribution >= 0.6 is 0 Å². The number of nitro benzene ring substituents is 1. The zero-order valence-corrected chi connectivity index (χ0v) is 10.9. The van der Waals surface area contributed by atoms with Crippen LogP contribution in [0.2, 0.25) is 0 Å². The Kier molecular flexibility index (Phi) is 5.40. The highest BCUT2D eigenvalue weighted by Crippen LogP contribution is 2.32. The van der Waals surface area contributed by atoms with Gasteiger partial charge in [-0.25, -0.2) is 4.39 Å². The molecule has 0 radical (unpaired) electrons. The van der Waals surface area contributed by atoms with Gasteiger partial charge in [0, 0.05) is 6.07 Å². The molecule has 0 unspecified atom stereocenters. The summed E-state index contributed by atoms with van der Waals surface area (Å²) in [5.41, 5.74) is -0.723. The number of rotatable bonds is 7. The molecule has 0 aliphatic carbocycles. The van der Waals surface area contributed by atoms with Crippen LogP contribution in [0.4, 0.5) is 15.8 Å². The fourth-order valence-electron chi connectivity index (χ4n) is 1.40. The Labute approximate surface area is 117 Å². The quantitative estimate of drug-likeness (QED) is 0.489. The standard InChI is InChI=1S/C11H12FN3O6/c1-21-9-3-7(6(12)2-8(9)15(19)20)13-4-10(16)14-5-11(17)18/h2-3,13H,4-5H2,1H3,(H,14,16)(H,17,18). The van der Waals surface area contributed by atoms with Gasteiger partial charge in [0.15, 0.2) is 11.6 Å². The fourth-order valence-corrected chi connectivity index (χ4v) is 1.40. The van der Waals surface area contributed by atoms with Crippen molar-refractivity contribution in [1.29, 1.82) is 0 Å². The first kappa shape index (κ1) is 16.1. The third-order valence-electron chi connectivity index (χ3n) is 2.34. The van der Waals surface area contributed by atoms with Crippen molar-refractivity contribution >= 4 is 23.3 Å². The fraction of sp³-hybridized carbons (Fsp3) is 0.273. The Bertz CT molecular complexity index is 577. The van der Waals surface area contributed by atoms with E-state index in [1.165, 1.54) is 7.11 Å². The molecule has 0 saturated heterocycles. The number of carboxylic acid groups (broad SMARTS) is 1. The van der Waals surface area contributed by atoms with E-state index in [4.69, 9.17) is 9.84 Å². The molecule has 3 N–H and O–H groups in total. The van der Waals surface area contributed by atoms with Gasteiger partial charge in [0.05, 0.1) is 30.3 Å². The molecule has 0 heterocycles. The van der Waals surface area contributed by atoms with Gasteiger partial charge in [-0.05, 0) is 0 Å². The zero-order valence-electron chi connectivity index (χ0n) is 10.9. The smallest absolute Gasteiger partial charge is 0.322 e. The minimum absolute atomic E-state index is 0.171. The van der Waals surface area contributed by atoms with E-state index in [9.17, 15) is 24.1 Å². The predicted molar refractivity (Wildman–Crippen MR) is 68.7 cm³/mol. The van der Waals surface area contributed by atoms with Crippen LogP contribution in [0.15, 0.2) is 12.1 Å². The minimum atomic E-state index is -1.22. The second-order valence-corrected chi connectivity index (χ2v) is 3.79. The van der Waals surface area contributed by atoms with E-state index in [2.05, 4.69) is 10.6 Å². The molecule has 0 aliphatic heterocycles. The monoisotopic (exact) mass is 301 g/mol. The Balaban J connectivity index is 2.78. The summed E-state index contributed by atoms with van der Waals surface area (Å²) in [6, 6.07) is 1.70. The van der Waals surface area contributed by atoms with Gasteiger partial charge in [0.2, 0.25) is 5.91 Å². The highest BCUT2D eigenvalue weighted by Gasteiger charge is 2.19. The van der Waals surface area contributed by atoms with Gasteiger partial charge in [-0.1, -0.05) is 0 Å². The van der Waals surface area contributed by atoms with E-state index in [0.29, 0.717) is 6.07 Å². The third kappa shape index (κ3) is 4.60. The number of carbonyl (C=O) groups excluding carboxylic acids is 1. The molecule has 10 heteroatoms. The van der Waals surface area contributed by atoms with E-state index in [0.717, 1.165) is 6.07 Å². The number of aliphatic carboxylic acids is 1. The summed E-state index contributed by atoms with van der Waals surface area (Å²) < 4.78 is 18.4. The second-order valence-electron chi connectivity index (χ2n) is 3.79. The van der Waals surface area contributed by atoms with E-state index in [1.807, 2.05) is 0 Å². The molecule has 0 saturated carbocycles. The molecule has 1 aromatic carbocycles. The van der Waals surface area contributed by atoms with E-state index in [-0.39, 0.29) is 11.4 Å². The lowest BCUT2D eigenvalue weighted by molar-refractivity contribution is -0.385. The molecule has 1 amide bonds. The zero-order chi connectivity index (χ0) is 16.0. The van der Waals surface area contributed by atoms with Crippen LogP contribution in [0.1, 0.15) is 0 Å². The molecule has 9 nitrogen and oxygen atoms in total. The average molecular weight is 301 g/mol. The number of carboxylic acids is 1. The highest BCUT2D eigenvalue weighted by molar-refractivity contribution is 5.84. The summed E-state index contributed by atoms with van der Waals surface area (Å²) in [6.45, 7) is -0.961. The molecule has 1 rings (SSSR count). The Morgan fingerprint density at radius 3 is 2.62 bits per heavy atom. The van der Waals surface area contributed by atoms with Crippen molar-refractivity contribution in [3.8, 4) is 5.75 Å². The molecule has 0 aliphatic rings. The number of hydrogen-bond donors (Lipinski definition) is 3. The first-order valence-electron chi connectivity index (χ1n) is 5.59. The van der Waals surface area contributed by atoms with Crippen molar-refractivity contribution in [2.75, 3.05) is 25.5 Å². The number of halogens is 1. The number of nitrogens with one attached hydrogen (secondary N) is 2. The van der Waals surface area contributed by atoms with Gasteiger partial charge in [-0.15, -0.1) is 0 Å². The summed E-state index contributed by atoms with van der Waals surface area (Å²) in [4.78, 5) is 31.4. The number of anilines is 1. The maximum Gasteiger partial charge on any atom is 0.322 e. The van der Waals surface area contributed by atoms with Gasteiger partial charge in [-0.3, -0.25) is 19.7 Å². The summed E-state index contributed by atoms with van der Waals surface area (Å²) in [7, 11) is 1.18. The summed E-state index contributed by atoms with van der Waals surface area (Å²) >= 11 is 0. The SMILES string of the molecule is COc1cc(NCC(=O)NCC(=O)O)c(F)cc1[N+](=O)[O-]. The van der Waals surface area contributed by atoms with Crippen molar-refractivity contribution in [2.45, 2.75) is 0 Å². The summed E-state index contributed by atoms with van der Waals surface area (Å²) in [5.74, 6) is -3.00. The van der Waals surface area contributed by atoms with Crippen molar-refractivity contribution in [3.63, 3.8) is 0 Å². The number of nitro groups is 1. The normalized spacial score (nSPS) is 9.81. The van der Waals surface area contributed by atoms with Gasteiger partial charge >= 0.3 is 11.7 Å². The molecular formula is C11H12FN3O6. The minimum Gasteiger partial charge on any atom is -0.490 e. The van der Waals surface area contributed by atoms with Crippen molar-refractivity contribution in [2.24, 2.45) is 0 Å². The first-order valence-corrected chi connectivity index (χ1v) is 5.59. The predicted octanol–water partition coefficient (Wildman–Crippen LogP) is 0.355. The van der Waals surface area contributed by atoms with Crippen LogP contribution in [0.3, 0.4) is 0 Å². The van der Waals surface area contributed by atoms with E-state index < -0.39 is 41.4 Å². The number of ether oxygens (including phenoxy) is 1. The average Bonchev–Trinajstić information content (AvgIpc) is 2.43. The Morgan fingerprint density at radius 2 is 2.10 bits per heavy atom. The highest BCUT2D eigenvalue weighted by atomic mass is 19.1. The molecular weight excluding hydrogens is 289 g/mol. The molecule has 0 atom stereocenters. The molecule has 0 bridgehead atoms. The van der Waals surface area contributed by atoms with Crippen molar-refractivity contribution in [1.82, 2.24) is 5.32 Å². The lowest BCUT2D eigenvalue weighted by Gasteiger charge is -2.09. The molecule has 114 valence electrons. The lowest BCUT2D eigenvalue weighted by Crippen LogP contribution is -2.33. The second kappa shape index (κ2) is 7.03. The van der Waals surface area contributed by atoms with Crippen LogP contribution in [0.5, 0.6) is 5.75 Å². The number of hydrogen-bond acceptors (Lipinski definition) is 6. The molecule has 21 heavy (non-hydrogen) atoms. The van der Waals surface area contributed by atoms with Crippen LogP contribution in [-0.2, 0) is 9.59 Å². The number of carbonyl (C=O) groups is 2. The first-order chi connectivity index (χ1) is 9.85.